The minimum atomic E-state index is -0.00645. The third-order valence-corrected chi connectivity index (χ3v) is 4.64. The highest BCUT2D eigenvalue weighted by Gasteiger charge is 2.33. The highest BCUT2D eigenvalue weighted by Crippen LogP contribution is 2.28. The first-order chi connectivity index (χ1) is 9.81. The lowest BCUT2D eigenvalue weighted by atomic mass is 10.0. The second-order valence-corrected chi connectivity index (χ2v) is 6.29. The van der Waals surface area contributed by atoms with Crippen molar-refractivity contribution >= 4 is 5.91 Å². The fourth-order valence-electron chi connectivity index (χ4n) is 3.38. The van der Waals surface area contributed by atoms with Crippen LogP contribution in [-0.4, -0.2) is 38.3 Å². The van der Waals surface area contributed by atoms with Gasteiger partial charge in [-0.15, -0.1) is 0 Å². The lowest BCUT2D eigenvalue weighted by molar-refractivity contribution is -0.125. The summed E-state index contributed by atoms with van der Waals surface area (Å²) >= 11 is 0. The minimum Gasteiger partial charge on any atom is -0.379 e. The lowest BCUT2D eigenvalue weighted by Crippen LogP contribution is -2.44. The molecule has 1 heterocycles. The highest BCUT2D eigenvalue weighted by molar-refractivity contribution is 5.79. The smallest absolute Gasteiger partial charge is 0.227 e. The molecule has 116 valence electrons. The average Bonchev–Trinajstić information content (AvgIpc) is 3.12. The van der Waals surface area contributed by atoms with E-state index in [1.165, 1.54) is 32.1 Å². The summed E-state index contributed by atoms with van der Waals surface area (Å²) in [6.45, 7) is 5.16. The van der Waals surface area contributed by atoms with Gasteiger partial charge in [0, 0.05) is 12.6 Å². The molecule has 2 rings (SSSR count). The molecule has 20 heavy (non-hydrogen) atoms. The van der Waals surface area contributed by atoms with Crippen LogP contribution in [0.2, 0.25) is 0 Å². The Morgan fingerprint density at radius 2 is 2.00 bits per heavy atom. The van der Waals surface area contributed by atoms with Gasteiger partial charge in [0.15, 0.2) is 0 Å². The standard InChI is InChI=1S/C16H30N2O2/c1-2-9-17-15-12-20-11-14(15)16(19)18-10-5-8-13-6-3-4-7-13/h13-15,17H,2-12H2,1H3,(H,18,19). The second kappa shape index (κ2) is 8.63. The maximum absolute atomic E-state index is 12.2. The van der Waals surface area contributed by atoms with Crippen molar-refractivity contribution in [3.63, 3.8) is 0 Å². The summed E-state index contributed by atoms with van der Waals surface area (Å²) in [6, 6.07) is 0.199. The number of carbonyl (C=O) groups is 1. The quantitative estimate of drug-likeness (QED) is 0.670. The SMILES string of the molecule is CCCNC1COCC1C(=O)NCCCC1CCCC1. The molecule has 1 saturated carbocycles. The molecule has 0 aromatic rings. The molecule has 1 amide bonds. The van der Waals surface area contributed by atoms with Crippen molar-refractivity contribution in [2.45, 2.75) is 57.9 Å². The molecule has 2 unspecified atom stereocenters. The molecular formula is C16H30N2O2. The number of nitrogens with one attached hydrogen (secondary N) is 2. The summed E-state index contributed by atoms with van der Waals surface area (Å²) < 4.78 is 5.45. The first-order valence-corrected chi connectivity index (χ1v) is 8.40. The molecule has 1 saturated heterocycles. The zero-order valence-electron chi connectivity index (χ0n) is 12.8. The fourth-order valence-corrected chi connectivity index (χ4v) is 3.38. The van der Waals surface area contributed by atoms with E-state index in [2.05, 4.69) is 17.6 Å². The van der Waals surface area contributed by atoms with Crippen LogP contribution < -0.4 is 10.6 Å². The number of amides is 1. The second-order valence-electron chi connectivity index (χ2n) is 6.29. The Bertz CT molecular complexity index is 290. The van der Waals surface area contributed by atoms with Crippen LogP contribution in [0.25, 0.3) is 0 Å². The third kappa shape index (κ3) is 4.74. The molecule has 0 aromatic carbocycles. The van der Waals surface area contributed by atoms with Crippen molar-refractivity contribution < 1.29 is 9.53 Å². The Balaban J connectivity index is 1.60. The van der Waals surface area contributed by atoms with Gasteiger partial charge in [-0.3, -0.25) is 4.79 Å². The van der Waals surface area contributed by atoms with Crippen LogP contribution in [-0.2, 0) is 9.53 Å². The molecule has 2 aliphatic rings. The van der Waals surface area contributed by atoms with Crippen LogP contribution in [0.3, 0.4) is 0 Å². The highest BCUT2D eigenvalue weighted by atomic mass is 16.5. The molecule has 4 nitrogen and oxygen atoms in total. The molecule has 0 bridgehead atoms. The van der Waals surface area contributed by atoms with Crippen molar-refractivity contribution in [3.8, 4) is 0 Å². The van der Waals surface area contributed by atoms with Gasteiger partial charge in [-0.25, -0.2) is 0 Å². The van der Waals surface area contributed by atoms with Gasteiger partial charge in [0.2, 0.25) is 5.91 Å². The zero-order valence-corrected chi connectivity index (χ0v) is 12.8. The van der Waals surface area contributed by atoms with Gasteiger partial charge in [0.25, 0.3) is 0 Å². The lowest BCUT2D eigenvalue weighted by Gasteiger charge is -2.18. The Hall–Kier alpha value is -0.610. The number of hydrogen-bond acceptors (Lipinski definition) is 3. The maximum atomic E-state index is 12.2. The van der Waals surface area contributed by atoms with E-state index >= 15 is 0 Å². The Morgan fingerprint density at radius 3 is 2.75 bits per heavy atom. The Labute approximate surface area is 123 Å². The average molecular weight is 282 g/mol. The normalized spacial score (nSPS) is 27.1. The maximum Gasteiger partial charge on any atom is 0.227 e. The van der Waals surface area contributed by atoms with Gasteiger partial charge in [-0.05, 0) is 31.7 Å². The van der Waals surface area contributed by atoms with Crippen molar-refractivity contribution in [1.29, 1.82) is 0 Å². The summed E-state index contributed by atoms with van der Waals surface area (Å²) in [4.78, 5) is 12.2. The Morgan fingerprint density at radius 1 is 1.20 bits per heavy atom. The monoisotopic (exact) mass is 282 g/mol. The predicted octanol–water partition coefficient (Wildman–Crippen LogP) is 2.09. The minimum absolute atomic E-state index is 0.00645. The van der Waals surface area contributed by atoms with Crippen LogP contribution in [0, 0.1) is 11.8 Å². The van der Waals surface area contributed by atoms with E-state index in [1.807, 2.05) is 0 Å². The zero-order chi connectivity index (χ0) is 14.2. The summed E-state index contributed by atoms with van der Waals surface area (Å²) in [5.41, 5.74) is 0. The molecule has 1 aliphatic heterocycles. The van der Waals surface area contributed by atoms with Crippen LogP contribution in [0.1, 0.15) is 51.9 Å². The largest absolute Gasteiger partial charge is 0.379 e. The van der Waals surface area contributed by atoms with E-state index in [4.69, 9.17) is 4.74 Å². The molecule has 1 aliphatic carbocycles. The van der Waals surface area contributed by atoms with Crippen LogP contribution in [0.5, 0.6) is 0 Å². The van der Waals surface area contributed by atoms with E-state index < -0.39 is 0 Å². The molecular weight excluding hydrogens is 252 g/mol. The number of hydrogen-bond donors (Lipinski definition) is 2. The first kappa shape index (κ1) is 15.8. The molecule has 0 spiro atoms. The van der Waals surface area contributed by atoms with Gasteiger partial charge in [-0.1, -0.05) is 32.6 Å². The molecule has 0 aromatic heterocycles. The number of ether oxygens (including phenoxy) is 1. The molecule has 0 radical (unpaired) electrons. The summed E-state index contributed by atoms with van der Waals surface area (Å²) in [5.74, 6) is 1.08. The molecule has 2 N–H and O–H groups in total. The van der Waals surface area contributed by atoms with E-state index in [1.54, 1.807) is 0 Å². The molecule has 2 fully saturated rings. The van der Waals surface area contributed by atoms with Gasteiger partial charge >= 0.3 is 0 Å². The van der Waals surface area contributed by atoms with Crippen LogP contribution in [0.4, 0.5) is 0 Å². The van der Waals surface area contributed by atoms with Gasteiger partial charge < -0.3 is 15.4 Å². The van der Waals surface area contributed by atoms with E-state index in [0.29, 0.717) is 13.2 Å². The fraction of sp³-hybridized carbons (Fsp3) is 0.938. The summed E-state index contributed by atoms with van der Waals surface area (Å²) in [5, 5.41) is 6.51. The Kier molecular flexibility index (Phi) is 6.80. The van der Waals surface area contributed by atoms with E-state index in [0.717, 1.165) is 31.8 Å². The van der Waals surface area contributed by atoms with Crippen molar-refractivity contribution in [2.24, 2.45) is 11.8 Å². The molecule has 4 heteroatoms. The molecule has 2 atom stereocenters. The van der Waals surface area contributed by atoms with Gasteiger partial charge in [0.05, 0.1) is 19.1 Å². The van der Waals surface area contributed by atoms with Gasteiger partial charge in [0.1, 0.15) is 0 Å². The summed E-state index contributed by atoms with van der Waals surface area (Å²) in [7, 11) is 0. The predicted molar refractivity (Wildman–Crippen MR) is 80.6 cm³/mol. The number of rotatable bonds is 8. The van der Waals surface area contributed by atoms with Crippen LogP contribution >= 0.6 is 0 Å². The topological polar surface area (TPSA) is 50.4 Å². The third-order valence-electron chi connectivity index (χ3n) is 4.64. The summed E-state index contributed by atoms with van der Waals surface area (Å²) in [6.07, 6.45) is 9.09. The number of carbonyl (C=O) groups excluding carboxylic acids is 1. The van der Waals surface area contributed by atoms with E-state index in [9.17, 15) is 4.79 Å². The van der Waals surface area contributed by atoms with Crippen molar-refractivity contribution in [3.05, 3.63) is 0 Å². The van der Waals surface area contributed by atoms with Gasteiger partial charge in [-0.2, -0.15) is 0 Å². The first-order valence-electron chi connectivity index (χ1n) is 8.40. The van der Waals surface area contributed by atoms with E-state index in [-0.39, 0.29) is 17.9 Å². The van der Waals surface area contributed by atoms with Crippen molar-refractivity contribution in [2.75, 3.05) is 26.3 Å². The van der Waals surface area contributed by atoms with Crippen LogP contribution in [0.15, 0.2) is 0 Å². The van der Waals surface area contributed by atoms with Crippen molar-refractivity contribution in [1.82, 2.24) is 10.6 Å².